The topological polar surface area (TPSA) is 58.6 Å². The zero-order chi connectivity index (χ0) is 18.1. The van der Waals surface area contributed by atoms with Crippen LogP contribution in [0.15, 0.2) is 36.4 Å². The van der Waals surface area contributed by atoms with Gasteiger partial charge < -0.3 is 15.0 Å². The predicted molar refractivity (Wildman–Crippen MR) is 97.2 cm³/mol. The smallest absolute Gasteiger partial charge is 0.254 e. The SMILES string of the molecule is COc1ccc(CN2C(=O)[C@H](NC(C)=O)c3c(Cl)ccc(Cl)c32)cc1. The van der Waals surface area contributed by atoms with Crippen LogP contribution in [-0.4, -0.2) is 18.9 Å². The third-order valence-electron chi connectivity index (χ3n) is 4.03. The first kappa shape index (κ1) is 17.6. The third-order valence-corrected chi connectivity index (χ3v) is 4.67. The highest BCUT2D eigenvalue weighted by Crippen LogP contribution is 2.45. The summed E-state index contributed by atoms with van der Waals surface area (Å²) >= 11 is 12.6. The van der Waals surface area contributed by atoms with E-state index in [-0.39, 0.29) is 11.8 Å². The number of hydrogen-bond acceptors (Lipinski definition) is 3. The van der Waals surface area contributed by atoms with Gasteiger partial charge >= 0.3 is 0 Å². The predicted octanol–water partition coefficient (Wildman–Crippen LogP) is 3.73. The number of rotatable bonds is 4. The van der Waals surface area contributed by atoms with Crippen LogP contribution in [0.25, 0.3) is 0 Å². The Hall–Kier alpha value is -2.24. The maximum atomic E-state index is 12.9. The van der Waals surface area contributed by atoms with Crippen LogP contribution in [0.4, 0.5) is 5.69 Å². The quantitative estimate of drug-likeness (QED) is 0.881. The molecule has 130 valence electrons. The second-order valence-electron chi connectivity index (χ2n) is 5.70. The molecule has 2 aromatic carbocycles. The zero-order valence-corrected chi connectivity index (χ0v) is 15.2. The van der Waals surface area contributed by atoms with Crippen LogP contribution in [-0.2, 0) is 16.1 Å². The average molecular weight is 379 g/mol. The third kappa shape index (κ3) is 3.30. The van der Waals surface area contributed by atoms with Gasteiger partial charge in [-0.15, -0.1) is 0 Å². The summed E-state index contributed by atoms with van der Waals surface area (Å²) in [6.45, 7) is 1.67. The fourth-order valence-electron chi connectivity index (χ4n) is 2.90. The molecular formula is C18H16Cl2N2O3. The van der Waals surface area contributed by atoms with Crippen molar-refractivity contribution in [3.05, 3.63) is 57.6 Å². The summed E-state index contributed by atoms with van der Waals surface area (Å²) in [4.78, 5) is 26.0. The average Bonchev–Trinajstić information content (AvgIpc) is 2.85. The highest BCUT2D eigenvalue weighted by atomic mass is 35.5. The van der Waals surface area contributed by atoms with Gasteiger partial charge in [0.15, 0.2) is 0 Å². The Kier molecular flexibility index (Phi) is 4.88. The standard InChI is InChI=1S/C18H16Cl2N2O3/c1-10(23)21-16-15-13(19)7-8-14(20)17(15)22(18(16)24)9-11-3-5-12(25-2)6-4-11/h3-8,16H,9H2,1-2H3,(H,21,23)/t16-/m1/s1. The summed E-state index contributed by atoms with van der Waals surface area (Å²) < 4.78 is 5.15. The minimum Gasteiger partial charge on any atom is -0.497 e. The van der Waals surface area contributed by atoms with Gasteiger partial charge in [-0.05, 0) is 29.8 Å². The summed E-state index contributed by atoms with van der Waals surface area (Å²) in [7, 11) is 1.59. The van der Waals surface area contributed by atoms with E-state index in [0.29, 0.717) is 27.8 Å². The number of anilines is 1. The van der Waals surface area contributed by atoms with Crippen LogP contribution >= 0.6 is 23.2 Å². The van der Waals surface area contributed by atoms with Crippen molar-refractivity contribution >= 4 is 40.7 Å². The number of halogens is 2. The number of methoxy groups -OCH3 is 1. The molecule has 0 saturated carbocycles. The Morgan fingerprint density at radius 2 is 1.80 bits per heavy atom. The van der Waals surface area contributed by atoms with Crippen molar-refractivity contribution in [3.8, 4) is 5.75 Å². The van der Waals surface area contributed by atoms with Crippen LogP contribution in [0, 0.1) is 0 Å². The first-order chi connectivity index (χ1) is 11.9. The number of nitrogens with one attached hydrogen (secondary N) is 1. The van der Waals surface area contributed by atoms with E-state index in [1.807, 2.05) is 24.3 Å². The number of nitrogens with zero attached hydrogens (tertiary/aromatic N) is 1. The molecule has 1 atom stereocenters. The summed E-state index contributed by atoms with van der Waals surface area (Å²) in [5.74, 6) is 0.150. The van der Waals surface area contributed by atoms with Crippen LogP contribution in [0.3, 0.4) is 0 Å². The molecule has 0 saturated heterocycles. The van der Waals surface area contributed by atoms with Gasteiger partial charge in [-0.2, -0.15) is 0 Å². The lowest BCUT2D eigenvalue weighted by molar-refractivity contribution is -0.126. The molecule has 1 heterocycles. The van der Waals surface area contributed by atoms with Gasteiger partial charge in [-0.25, -0.2) is 0 Å². The normalized spacial score (nSPS) is 15.9. The van der Waals surface area contributed by atoms with Gasteiger partial charge in [-0.3, -0.25) is 9.59 Å². The van der Waals surface area contributed by atoms with Crippen molar-refractivity contribution in [1.82, 2.24) is 5.32 Å². The van der Waals surface area contributed by atoms with E-state index in [1.54, 1.807) is 24.1 Å². The number of ether oxygens (including phenoxy) is 1. The van der Waals surface area contributed by atoms with Crippen molar-refractivity contribution < 1.29 is 14.3 Å². The molecule has 0 unspecified atom stereocenters. The monoisotopic (exact) mass is 378 g/mol. The van der Waals surface area contributed by atoms with Crippen molar-refractivity contribution in [3.63, 3.8) is 0 Å². The summed E-state index contributed by atoms with van der Waals surface area (Å²) in [6.07, 6.45) is 0. The van der Waals surface area contributed by atoms with E-state index in [1.165, 1.54) is 6.92 Å². The van der Waals surface area contributed by atoms with E-state index < -0.39 is 6.04 Å². The van der Waals surface area contributed by atoms with Gasteiger partial charge in [-0.1, -0.05) is 35.3 Å². The largest absolute Gasteiger partial charge is 0.497 e. The van der Waals surface area contributed by atoms with Gasteiger partial charge in [0.25, 0.3) is 5.91 Å². The summed E-state index contributed by atoms with van der Waals surface area (Å²) in [6, 6.07) is 9.82. The lowest BCUT2D eigenvalue weighted by Gasteiger charge is -2.19. The minimum atomic E-state index is -0.836. The number of benzene rings is 2. The molecule has 1 aliphatic heterocycles. The Labute approximate surface area is 155 Å². The maximum absolute atomic E-state index is 12.9. The van der Waals surface area contributed by atoms with Gasteiger partial charge in [0.05, 0.1) is 24.4 Å². The summed E-state index contributed by atoms with van der Waals surface area (Å²) in [5, 5.41) is 3.46. The molecule has 1 N–H and O–H groups in total. The van der Waals surface area contributed by atoms with Crippen molar-refractivity contribution in [2.45, 2.75) is 19.5 Å². The second kappa shape index (κ2) is 6.94. The highest BCUT2D eigenvalue weighted by molar-refractivity contribution is 6.38. The first-order valence-corrected chi connectivity index (χ1v) is 8.37. The number of amides is 2. The Morgan fingerprint density at radius 3 is 2.40 bits per heavy atom. The van der Waals surface area contributed by atoms with Gasteiger partial charge in [0.1, 0.15) is 11.8 Å². The van der Waals surface area contributed by atoms with Gasteiger partial charge in [0, 0.05) is 17.5 Å². The van der Waals surface area contributed by atoms with E-state index in [0.717, 1.165) is 11.3 Å². The Morgan fingerprint density at radius 1 is 1.16 bits per heavy atom. The molecule has 2 amide bonds. The number of carbonyl (C=O) groups excluding carboxylic acids is 2. The molecule has 7 heteroatoms. The van der Waals surface area contributed by atoms with E-state index in [9.17, 15) is 9.59 Å². The molecular weight excluding hydrogens is 363 g/mol. The van der Waals surface area contributed by atoms with E-state index in [2.05, 4.69) is 5.32 Å². The maximum Gasteiger partial charge on any atom is 0.254 e. The fourth-order valence-corrected chi connectivity index (χ4v) is 3.43. The lowest BCUT2D eigenvalue weighted by Crippen LogP contribution is -2.36. The van der Waals surface area contributed by atoms with Crippen LogP contribution in [0.5, 0.6) is 5.75 Å². The number of hydrogen-bond donors (Lipinski definition) is 1. The Bertz CT molecular complexity index is 837. The van der Waals surface area contributed by atoms with Crippen LogP contribution in [0.2, 0.25) is 10.0 Å². The highest BCUT2D eigenvalue weighted by Gasteiger charge is 2.41. The molecule has 25 heavy (non-hydrogen) atoms. The zero-order valence-electron chi connectivity index (χ0n) is 13.7. The van der Waals surface area contributed by atoms with Gasteiger partial charge in [0.2, 0.25) is 5.91 Å². The molecule has 0 radical (unpaired) electrons. The lowest BCUT2D eigenvalue weighted by atomic mass is 10.1. The molecule has 0 fully saturated rings. The number of fused-ring (bicyclic) bond motifs is 1. The molecule has 5 nitrogen and oxygen atoms in total. The fraction of sp³-hybridized carbons (Fsp3) is 0.222. The molecule has 0 aromatic heterocycles. The van der Waals surface area contributed by atoms with Crippen molar-refractivity contribution in [2.75, 3.05) is 12.0 Å². The molecule has 2 aromatic rings. The number of carbonyl (C=O) groups is 2. The molecule has 0 spiro atoms. The summed E-state index contributed by atoms with van der Waals surface area (Å²) in [5.41, 5.74) is 1.97. The van der Waals surface area contributed by atoms with E-state index >= 15 is 0 Å². The van der Waals surface area contributed by atoms with E-state index in [4.69, 9.17) is 27.9 Å². The second-order valence-corrected chi connectivity index (χ2v) is 6.51. The first-order valence-electron chi connectivity index (χ1n) is 7.61. The molecule has 0 aliphatic carbocycles. The van der Waals surface area contributed by atoms with Crippen LogP contribution in [0.1, 0.15) is 24.1 Å². The minimum absolute atomic E-state index is 0.268. The molecule has 0 bridgehead atoms. The van der Waals surface area contributed by atoms with Crippen molar-refractivity contribution in [2.24, 2.45) is 0 Å². The Balaban J connectivity index is 2.01. The molecule has 1 aliphatic rings. The van der Waals surface area contributed by atoms with Crippen LogP contribution < -0.4 is 15.0 Å². The van der Waals surface area contributed by atoms with Crippen molar-refractivity contribution in [1.29, 1.82) is 0 Å². The molecule has 3 rings (SSSR count).